The average Bonchev–Trinajstić information content (AvgIpc) is 3.07. The maximum Gasteiger partial charge on any atom is 0.226 e. The number of rotatable bonds is 4. The number of nitrogens with one attached hydrogen (secondary N) is 1. The Balaban J connectivity index is 1.78. The van der Waals surface area contributed by atoms with Gasteiger partial charge < -0.3 is 5.32 Å². The fraction of sp³-hybridized carbons (Fsp3) is 0.500. The topological polar surface area (TPSA) is 50.2 Å². The van der Waals surface area contributed by atoms with Crippen molar-refractivity contribution < 1.29 is 4.79 Å². The van der Waals surface area contributed by atoms with Crippen LogP contribution in [0.4, 0.5) is 0 Å². The van der Waals surface area contributed by atoms with Crippen molar-refractivity contribution in [2.45, 2.75) is 39.5 Å². The summed E-state index contributed by atoms with van der Waals surface area (Å²) in [6, 6.07) is 4.36. The molecule has 0 saturated heterocycles. The SMILES string of the molecule is CC(C)NC(=O)[C@@H]1CN(Cc2ccsc2)Cc2ccnn2C1. The van der Waals surface area contributed by atoms with Crippen LogP contribution in [0.15, 0.2) is 29.1 Å². The molecule has 118 valence electrons. The molecule has 0 saturated carbocycles. The van der Waals surface area contributed by atoms with Crippen molar-refractivity contribution >= 4 is 17.2 Å². The molecule has 22 heavy (non-hydrogen) atoms. The summed E-state index contributed by atoms with van der Waals surface area (Å²) >= 11 is 1.71. The molecule has 1 N–H and O–H groups in total. The van der Waals surface area contributed by atoms with Crippen molar-refractivity contribution in [1.29, 1.82) is 0 Å². The molecule has 3 heterocycles. The fourth-order valence-electron chi connectivity index (χ4n) is 2.86. The van der Waals surface area contributed by atoms with Crippen molar-refractivity contribution in [2.75, 3.05) is 6.54 Å². The van der Waals surface area contributed by atoms with E-state index in [0.29, 0.717) is 6.54 Å². The average molecular weight is 318 g/mol. The summed E-state index contributed by atoms with van der Waals surface area (Å²) in [5.41, 5.74) is 2.48. The lowest BCUT2D eigenvalue weighted by Gasteiger charge is -2.23. The highest BCUT2D eigenvalue weighted by Gasteiger charge is 2.27. The molecule has 0 spiro atoms. The maximum atomic E-state index is 12.5. The lowest BCUT2D eigenvalue weighted by Crippen LogP contribution is -2.41. The molecular weight excluding hydrogens is 296 g/mol. The number of carbonyl (C=O) groups excluding carboxylic acids is 1. The van der Waals surface area contributed by atoms with Crippen LogP contribution in [-0.4, -0.2) is 33.2 Å². The van der Waals surface area contributed by atoms with E-state index in [4.69, 9.17) is 0 Å². The number of carbonyl (C=O) groups is 1. The van der Waals surface area contributed by atoms with Crippen LogP contribution >= 0.6 is 11.3 Å². The van der Waals surface area contributed by atoms with Crippen LogP contribution in [0.25, 0.3) is 0 Å². The lowest BCUT2D eigenvalue weighted by atomic mass is 10.1. The Hall–Kier alpha value is -1.66. The molecule has 2 aromatic heterocycles. The van der Waals surface area contributed by atoms with Crippen LogP contribution in [0.2, 0.25) is 0 Å². The number of amides is 1. The zero-order valence-electron chi connectivity index (χ0n) is 13.0. The van der Waals surface area contributed by atoms with E-state index in [2.05, 4.69) is 32.1 Å². The predicted molar refractivity (Wildman–Crippen MR) is 87.4 cm³/mol. The fourth-order valence-corrected chi connectivity index (χ4v) is 3.52. The molecule has 0 radical (unpaired) electrons. The molecule has 1 aliphatic heterocycles. The Morgan fingerprint density at radius 3 is 3.05 bits per heavy atom. The highest BCUT2D eigenvalue weighted by molar-refractivity contribution is 7.07. The van der Waals surface area contributed by atoms with Gasteiger partial charge in [-0.15, -0.1) is 0 Å². The molecule has 5 nitrogen and oxygen atoms in total. The van der Waals surface area contributed by atoms with Gasteiger partial charge >= 0.3 is 0 Å². The van der Waals surface area contributed by atoms with Gasteiger partial charge in [0.25, 0.3) is 0 Å². The van der Waals surface area contributed by atoms with E-state index in [0.717, 1.165) is 19.6 Å². The number of thiophene rings is 1. The standard InChI is InChI=1S/C16H22N4OS/c1-12(2)18-16(21)14-8-19(7-13-4-6-22-11-13)10-15-3-5-17-20(15)9-14/h3-6,11-12,14H,7-10H2,1-2H3,(H,18,21)/t14-/m1/s1. The van der Waals surface area contributed by atoms with Gasteiger partial charge in [-0.2, -0.15) is 16.4 Å². The predicted octanol–water partition coefficient (Wildman–Crippen LogP) is 2.10. The molecule has 1 amide bonds. The van der Waals surface area contributed by atoms with E-state index < -0.39 is 0 Å². The third kappa shape index (κ3) is 3.56. The third-order valence-electron chi connectivity index (χ3n) is 3.85. The van der Waals surface area contributed by atoms with Crippen LogP contribution in [0, 0.1) is 5.92 Å². The van der Waals surface area contributed by atoms with Gasteiger partial charge in [-0.25, -0.2) is 0 Å². The van der Waals surface area contributed by atoms with E-state index in [1.807, 2.05) is 30.8 Å². The monoisotopic (exact) mass is 318 g/mol. The van der Waals surface area contributed by atoms with Crippen LogP contribution in [0.3, 0.4) is 0 Å². The molecule has 0 fully saturated rings. The molecule has 1 aliphatic rings. The first kappa shape index (κ1) is 15.2. The molecular formula is C16H22N4OS. The Morgan fingerprint density at radius 2 is 2.32 bits per heavy atom. The Bertz CT molecular complexity index is 620. The highest BCUT2D eigenvalue weighted by atomic mass is 32.1. The summed E-state index contributed by atoms with van der Waals surface area (Å²) in [4.78, 5) is 14.8. The first-order chi connectivity index (χ1) is 10.6. The van der Waals surface area contributed by atoms with Crippen LogP contribution in [0.1, 0.15) is 25.1 Å². The second-order valence-electron chi connectivity index (χ2n) is 6.17. The normalized spacial score (nSPS) is 19.0. The van der Waals surface area contributed by atoms with Crippen molar-refractivity contribution in [3.63, 3.8) is 0 Å². The van der Waals surface area contributed by atoms with Crippen molar-refractivity contribution in [3.8, 4) is 0 Å². The summed E-state index contributed by atoms with van der Waals surface area (Å²) in [6.45, 7) is 7.12. The molecule has 0 aromatic carbocycles. The second-order valence-corrected chi connectivity index (χ2v) is 6.95. The van der Waals surface area contributed by atoms with Gasteiger partial charge in [0.15, 0.2) is 0 Å². The van der Waals surface area contributed by atoms with Crippen molar-refractivity contribution in [2.24, 2.45) is 5.92 Å². The zero-order valence-corrected chi connectivity index (χ0v) is 13.8. The lowest BCUT2D eigenvalue weighted by molar-refractivity contribution is -0.126. The van der Waals surface area contributed by atoms with E-state index >= 15 is 0 Å². The van der Waals surface area contributed by atoms with E-state index in [9.17, 15) is 4.79 Å². The molecule has 0 unspecified atom stereocenters. The number of fused-ring (bicyclic) bond motifs is 1. The van der Waals surface area contributed by atoms with Gasteiger partial charge in [0.1, 0.15) is 0 Å². The van der Waals surface area contributed by atoms with E-state index in [1.165, 1.54) is 11.3 Å². The highest BCUT2D eigenvalue weighted by Crippen LogP contribution is 2.19. The summed E-state index contributed by atoms with van der Waals surface area (Å²) in [5.74, 6) is 0.0517. The van der Waals surface area contributed by atoms with Crippen LogP contribution < -0.4 is 5.32 Å². The Kier molecular flexibility index (Phi) is 4.59. The first-order valence-electron chi connectivity index (χ1n) is 7.66. The molecule has 3 rings (SSSR count). The summed E-state index contributed by atoms with van der Waals surface area (Å²) in [5, 5.41) is 11.7. The molecule has 0 aliphatic carbocycles. The van der Waals surface area contributed by atoms with Crippen LogP contribution in [-0.2, 0) is 24.4 Å². The van der Waals surface area contributed by atoms with Gasteiger partial charge in [0.2, 0.25) is 5.91 Å². The molecule has 6 heteroatoms. The van der Waals surface area contributed by atoms with Gasteiger partial charge in [0, 0.05) is 31.9 Å². The maximum absolute atomic E-state index is 12.5. The summed E-state index contributed by atoms with van der Waals surface area (Å²) in [6.07, 6.45) is 1.82. The second kappa shape index (κ2) is 6.62. The smallest absolute Gasteiger partial charge is 0.226 e. The Morgan fingerprint density at radius 1 is 1.45 bits per heavy atom. The quantitative estimate of drug-likeness (QED) is 0.939. The number of hydrogen-bond donors (Lipinski definition) is 1. The number of aromatic nitrogens is 2. The Labute approximate surface area is 134 Å². The third-order valence-corrected chi connectivity index (χ3v) is 4.58. The molecule has 0 bridgehead atoms. The molecule has 2 aromatic rings. The zero-order chi connectivity index (χ0) is 15.5. The van der Waals surface area contributed by atoms with Gasteiger partial charge in [-0.1, -0.05) is 0 Å². The minimum absolute atomic E-state index is 0.0674. The van der Waals surface area contributed by atoms with Gasteiger partial charge in [-0.05, 0) is 42.3 Å². The van der Waals surface area contributed by atoms with Crippen molar-refractivity contribution in [1.82, 2.24) is 20.0 Å². The van der Waals surface area contributed by atoms with E-state index in [1.54, 1.807) is 11.3 Å². The number of nitrogens with zero attached hydrogens (tertiary/aromatic N) is 3. The summed E-state index contributed by atoms with van der Waals surface area (Å²) in [7, 11) is 0. The van der Waals surface area contributed by atoms with Gasteiger partial charge in [-0.3, -0.25) is 14.4 Å². The van der Waals surface area contributed by atoms with E-state index in [-0.39, 0.29) is 17.9 Å². The van der Waals surface area contributed by atoms with Gasteiger partial charge in [0.05, 0.1) is 18.2 Å². The minimum Gasteiger partial charge on any atom is -0.354 e. The largest absolute Gasteiger partial charge is 0.354 e. The van der Waals surface area contributed by atoms with Crippen molar-refractivity contribution in [3.05, 3.63) is 40.3 Å². The minimum atomic E-state index is -0.0674. The molecule has 1 atom stereocenters. The first-order valence-corrected chi connectivity index (χ1v) is 8.60. The summed E-state index contributed by atoms with van der Waals surface area (Å²) < 4.78 is 1.97. The number of hydrogen-bond acceptors (Lipinski definition) is 4. The van der Waals surface area contributed by atoms with Crippen LogP contribution in [0.5, 0.6) is 0 Å².